The molecule has 2 aromatic heterocycles. The lowest BCUT2D eigenvalue weighted by Gasteiger charge is -2.49. The Morgan fingerprint density at radius 3 is 2.78 bits per heavy atom. The highest BCUT2D eigenvalue weighted by Gasteiger charge is 2.54. The van der Waals surface area contributed by atoms with Crippen molar-refractivity contribution in [1.29, 1.82) is 0 Å². The van der Waals surface area contributed by atoms with Crippen LogP contribution in [0.2, 0.25) is 5.15 Å². The van der Waals surface area contributed by atoms with E-state index in [0.717, 1.165) is 37.0 Å². The molecule has 3 aliphatic rings. The van der Waals surface area contributed by atoms with Gasteiger partial charge in [0, 0.05) is 17.2 Å². The van der Waals surface area contributed by atoms with E-state index in [-0.39, 0.29) is 39.2 Å². The van der Waals surface area contributed by atoms with Crippen LogP contribution in [0.3, 0.4) is 0 Å². The van der Waals surface area contributed by atoms with Gasteiger partial charge in [0.2, 0.25) is 0 Å². The molecule has 2 unspecified atom stereocenters. The third-order valence-electron chi connectivity index (χ3n) is 6.01. The smallest absolute Gasteiger partial charge is 0.352 e. The maximum absolute atomic E-state index is 13.2. The number of carbonyl (C=O) groups is 3. The van der Waals surface area contributed by atoms with Gasteiger partial charge in [-0.2, -0.15) is 0 Å². The van der Waals surface area contributed by atoms with Crippen molar-refractivity contribution < 1.29 is 28.9 Å². The number of carboxylic acid groups (broad SMARTS) is 1. The molecule has 1 aliphatic carbocycles. The molecule has 37 heavy (non-hydrogen) atoms. The number of thioether (sulfide) groups is 1. The largest absolute Gasteiger partial charge is 0.477 e. The van der Waals surface area contributed by atoms with E-state index in [4.69, 9.17) is 26.7 Å². The molecule has 0 radical (unpaired) electrons. The Hall–Kier alpha value is -3.36. The first-order valence-electron chi connectivity index (χ1n) is 11.3. The minimum atomic E-state index is -1.26. The molecular weight excluding hydrogens is 544 g/mol. The molecule has 2 fully saturated rings. The Morgan fingerprint density at radius 2 is 2.14 bits per heavy atom. The Labute approximate surface area is 223 Å². The fraction of sp³-hybridized carbons (Fsp3) is 0.364. The van der Waals surface area contributed by atoms with E-state index < -0.39 is 29.2 Å². The summed E-state index contributed by atoms with van der Waals surface area (Å²) < 4.78 is 5.00. The Kier molecular flexibility index (Phi) is 7.22. The van der Waals surface area contributed by atoms with Crippen molar-refractivity contribution in [2.24, 2.45) is 5.16 Å². The summed E-state index contributed by atoms with van der Waals surface area (Å²) in [6, 6.07) is 0.530. The molecule has 0 spiro atoms. The number of carboxylic acids is 1. The van der Waals surface area contributed by atoms with Gasteiger partial charge in [0.1, 0.15) is 28.9 Å². The highest BCUT2D eigenvalue weighted by molar-refractivity contribution is 8.00. The molecular formula is C22H21ClN6O6S2. The molecule has 0 aromatic carbocycles. The van der Waals surface area contributed by atoms with Gasteiger partial charge in [-0.25, -0.2) is 9.78 Å². The zero-order chi connectivity index (χ0) is 26.1. The van der Waals surface area contributed by atoms with Crippen LogP contribution in [0.4, 0.5) is 5.13 Å². The van der Waals surface area contributed by atoms with Gasteiger partial charge in [-0.3, -0.25) is 14.5 Å². The second-order valence-corrected chi connectivity index (χ2v) is 10.8. The normalized spacial score (nSPS) is 22.4. The fourth-order valence-corrected chi connectivity index (χ4v) is 6.24. The molecule has 5 rings (SSSR count). The van der Waals surface area contributed by atoms with E-state index >= 15 is 0 Å². The average molecular weight is 565 g/mol. The number of amides is 2. The lowest BCUT2D eigenvalue weighted by molar-refractivity contribution is -0.150. The van der Waals surface area contributed by atoms with Crippen molar-refractivity contribution in [1.82, 2.24) is 20.4 Å². The molecule has 2 aliphatic heterocycles. The summed E-state index contributed by atoms with van der Waals surface area (Å²) in [6.07, 6.45) is 6.72. The van der Waals surface area contributed by atoms with E-state index in [1.807, 2.05) is 0 Å². The summed E-state index contributed by atoms with van der Waals surface area (Å²) >= 11 is 8.21. The third-order valence-corrected chi connectivity index (χ3v) is 8.16. The molecule has 2 atom stereocenters. The molecule has 12 nitrogen and oxygen atoms in total. The number of rotatable bonds is 8. The van der Waals surface area contributed by atoms with Crippen LogP contribution in [0.1, 0.15) is 37.1 Å². The molecule has 2 aromatic rings. The summed E-state index contributed by atoms with van der Waals surface area (Å²) in [5.41, 5.74) is 6.13. The number of nitrogens with one attached hydrogen (secondary N) is 1. The first-order chi connectivity index (χ1) is 17.8. The van der Waals surface area contributed by atoms with Gasteiger partial charge in [0.15, 0.2) is 21.8 Å². The zero-order valence-electron chi connectivity index (χ0n) is 19.1. The lowest BCUT2D eigenvalue weighted by Crippen LogP contribution is -2.71. The molecule has 15 heteroatoms. The number of oxime groups is 1. The third kappa shape index (κ3) is 5.22. The number of allylic oxidation sites excluding steroid dienone is 1. The highest BCUT2D eigenvalue weighted by Crippen LogP contribution is 2.41. The first kappa shape index (κ1) is 25.3. The minimum Gasteiger partial charge on any atom is -0.477 e. The standard InChI is InChI=1S/C22H21ClN6O6S2/c23-14-7-12(35-27-14)6-5-10-8-36-20-16(19(31)29(20)17(10)21(32)33)26-18(30)15(13-9-37-22(24)25-13)28-34-11-3-1-2-4-11/h5-7,9,11,16,20H,1-4,8H2,(H2,24,25)(H,26,30)(H,32,33)/b6-5+,28-15-. The number of hydrogen-bond acceptors (Lipinski definition) is 11. The summed E-state index contributed by atoms with van der Waals surface area (Å²) in [5, 5.41) is 21.5. The van der Waals surface area contributed by atoms with Crippen LogP contribution in [-0.2, 0) is 19.2 Å². The number of hydrogen-bond donors (Lipinski definition) is 3. The van der Waals surface area contributed by atoms with Crippen LogP contribution < -0.4 is 11.1 Å². The summed E-state index contributed by atoms with van der Waals surface area (Å²) in [5.74, 6) is -1.84. The number of thiazole rings is 1. The van der Waals surface area contributed by atoms with Gasteiger partial charge in [-0.15, -0.1) is 23.1 Å². The van der Waals surface area contributed by atoms with Crippen LogP contribution in [0.5, 0.6) is 0 Å². The molecule has 1 saturated heterocycles. The van der Waals surface area contributed by atoms with Crippen LogP contribution in [0.25, 0.3) is 6.08 Å². The van der Waals surface area contributed by atoms with E-state index in [0.29, 0.717) is 11.3 Å². The van der Waals surface area contributed by atoms with Crippen molar-refractivity contribution in [3.8, 4) is 0 Å². The lowest BCUT2D eigenvalue weighted by atomic mass is 10.0. The number of carbonyl (C=O) groups excluding carboxylic acids is 2. The number of anilines is 1. The highest BCUT2D eigenvalue weighted by atomic mass is 35.5. The van der Waals surface area contributed by atoms with Gasteiger partial charge in [-0.05, 0) is 37.3 Å². The summed E-state index contributed by atoms with van der Waals surface area (Å²) in [4.78, 5) is 49.1. The topological polar surface area (TPSA) is 173 Å². The Morgan fingerprint density at radius 1 is 1.35 bits per heavy atom. The van der Waals surface area contributed by atoms with E-state index in [9.17, 15) is 19.5 Å². The molecule has 4 N–H and O–H groups in total. The number of nitrogen functional groups attached to an aromatic ring is 1. The molecule has 194 valence electrons. The van der Waals surface area contributed by atoms with Crippen molar-refractivity contribution in [2.75, 3.05) is 11.5 Å². The van der Waals surface area contributed by atoms with Gasteiger partial charge in [-0.1, -0.05) is 28.0 Å². The van der Waals surface area contributed by atoms with E-state index in [1.165, 1.54) is 28.8 Å². The molecule has 4 heterocycles. The maximum Gasteiger partial charge on any atom is 0.352 e. The van der Waals surface area contributed by atoms with Gasteiger partial charge < -0.3 is 25.5 Å². The van der Waals surface area contributed by atoms with Crippen molar-refractivity contribution in [2.45, 2.75) is 43.2 Å². The monoisotopic (exact) mass is 564 g/mol. The van der Waals surface area contributed by atoms with Crippen LogP contribution >= 0.6 is 34.7 Å². The average Bonchev–Trinajstić information content (AvgIpc) is 3.64. The van der Waals surface area contributed by atoms with Gasteiger partial charge in [0.05, 0.1) is 0 Å². The maximum atomic E-state index is 13.2. The second kappa shape index (κ2) is 10.6. The van der Waals surface area contributed by atoms with Crippen molar-refractivity contribution >= 4 is 69.4 Å². The van der Waals surface area contributed by atoms with Crippen molar-refractivity contribution in [3.05, 3.63) is 45.4 Å². The number of halogens is 1. The zero-order valence-corrected chi connectivity index (χ0v) is 21.5. The van der Waals surface area contributed by atoms with Crippen LogP contribution in [-0.4, -0.2) is 66.9 Å². The first-order valence-corrected chi connectivity index (χ1v) is 13.6. The summed E-state index contributed by atoms with van der Waals surface area (Å²) in [7, 11) is 0. The summed E-state index contributed by atoms with van der Waals surface area (Å²) in [6.45, 7) is 0. The van der Waals surface area contributed by atoms with Crippen LogP contribution in [0.15, 0.2) is 38.5 Å². The fourth-order valence-electron chi connectivity index (χ4n) is 4.23. The number of nitrogens with two attached hydrogens (primary N) is 1. The number of nitrogens with zero attached hydrogens (tertiary/aromatic N) is 4. The van der Waals surface area contributed by atoms with Gasteiger partial charge in [0.25, 0.3) is 11.8 Å². The minimum absolute atomic E-state index is 0.0868. The van der Waals surface area contributed by atoms with E-state index in [1.54, 1.807) is 11.5 Å². The second-order valence-electron chi connectivity index (χ2n) is 8.45. The number of fused-ring (bicyclic) bond motifs is 1. The van der Waals surface area contributed by atoms with Gasteiger partial charge >= 0.3 is 5.97 Å². The predicted octanol–water partition coefficient (Wildman–Crippen LogP) is 2.48. The molecule has 0 bridgehead atoms. The number of aromatic nitrogens is 2. The predicted molar refractivity (Wildman–Crippen MR) is 137 cm³/mol. The SMILES string of the molecule is Nc1nc(/C(=N/OC2CCCC2)C(=O)NC2C(=O)N3C(C(=O)O)=C(/C=C/c4cc(Cl)no4)CSC23)cs1. The Bertz CT molecular complexity index is 1330. The molecule has 2 amide bonds. The van der Waals surface area contributed by atoms with Crippen molar-refractivity contribution in [3.63, 3.8) is 0 Å². The number of β-lactam (4-membered cyclic amide) rings is 1. The van der Waals surface area contributed by atoms with E-state index in [2.05, 4.69) is 20.6 Å². The van der Waals surface area contributed by atoms with Crippen LogP contribution in [0, 0.1) is 0 Å². The quantitative estimate of drug-likeness (QED) is 0.245. The molecule has 1 saturated carbocycles. The Balaban J connectivity index is 1.33. The number of aliphatic carboxylic acids is 1.